The third kappa shape index (κ3) is 4.86. The van der Waals surface area contributed by atoms with E-state index in [1.807, 2.05) is 38.1 Å². The van der Waals surface area contributed by atoms with Crippen LogP contribution in [0.1, 0.15) is 36.9 Å². The van der Waals surface area contributed by atoms with Crippen molar-refractivity contribution < 1.29 is 17.6 Å². The molecule has 0 saturated heterocycles. The van der Waals surface area contributed by atoms with Gasteiger partial charge in [-0.25, -0.2) is 13.1 Å². The second-order valence-corrected chi connectivity index (χ2v) is 8.94. The van der Waals surface area contributed by atoms with Crippen molar-refractivity contribution in [3.8, 4) is 0 Å². The zero-order valence-corrected chi connectivity index (χ0v) is 16.7. The first kappa shape index (κ1) is 20.0. The van der Waals surface area contributed by atoms with Crippen LogP contribution in [0.3, 0.4) is 0 Å². The summed E-state index contributed by atoms with van der Waals surface area (Å²) in [5.74, 6) is -0.590. The van der Waals surface area contributed by atoms with Crippen molar-refractivity contribution in [3.63, 3.8) is 0 Å². The van der Waals surface area contributed by atoms with Crippen molar-refractivity contribution in [1.29, 1.82) is 0 Å². The van der Waals surface area contributed by atoms with E-state index in [1.165, 1.54) is 12.1 Å². The molecular weight excluding hydrogens is 354 g/mol. The Labute approximate surface area is 154 Å². The lowest BCUT2D eigenvalue weighted by atomic mass is 10.1. The minimum absolute atomic E-state index is 0.0753. The maximum Gasteiger partial charge on any atom is 0.291 e. The summed E-state index contributed by atoms with van der Waals surface area (Å²) in [5.41, 5.74) is 2.00. The highest BCUT2D eigenvalue weighted by Gasteiger charge is 2.26. The number of sulfonamides is 1. The molecule has 0 bridgehead atoms. The summed E-state index contributed by atoms with van der Waals surface area (Å²) in [5, 5.41) is 2.42. The molecule has 0 aliphatic carbocycles. The van der Waals surface area contributed by atoms with Crippen LogP contribution in [-0.2, 0) is 10.0 Å². The molecule has 7 nitrogen and oxygen atoms in total. The number of benzene rings is 1. The third-order valence-electron chi connectivity index (χ3n) is 3.45. The number of nitrogens with one attached hydrogen (secondary N) is 2. The number of anilines is 2. The van der Waals surface area contributed by atoms with E-state index in [9.17, 15) is 13.2 Å². The summed E-state index contributed by atoms with van der Waals surface area (Å²) >= 11 is 0. The number of hydrogen-bond donors (Lipinski definition) is 2. The van der Waals surface area contributed by atoms with Gasteiger partial charge < -0.3 is 14.6 Å². The van der Waals surface area contributed by atoms with Gasteiger partial charge in [-0.15, -0.1) is 0 Å². The smallest absolute Gasteiger partial charge is 0.291 e. The Morgan fingerprint density at radius 3 is 2.31 bits per heavy atom. The normalized spacial score (nSPS) is 12.1. The first-order valence-corrected chi connectivity index (χ1v) is 9.60. The van der Waals surface area contributed by atoms with Crippen LogP contribution in [-0.4, -0.2) is 34.0 Å². The average Bonchev–Trinajstić information content (AvgIpc) is 2.95. The lowest BCUT2D eigenvalue weighted by Gasteiger charge is -2.19. The van der Waals surface area contributed by atoms with Crippen LogP contribution >= 0.6 is 0 Å². The molecule has 0 radical (unpaired) electrons. The van der Waals surface area contributed by atoms with E-state index >= 15 is 0 Å². The molecule has 0 spiro atoms. The third-order valence-corrected chi connectivity index (χ3v) is 5.08. The van der Waals surface area contributed by atoms with Gasteiger partial charge in [0.1, 0.15) is 0 Å². The predicted molar refractivity (Wildman–Crippen MR) is 102 cm³/mol. The zero-order chi connectivity index (χ0) is 19.7. The van der Waals surface area contributed by atoms with E-state index < -0.39 is 21.5 Å². The van der Waals surface area contributed by atoms with E-state index in [-0.39, 0.29) is 10.9 Å². The predicted octanol–water partition coefficient (Wildman–Crippen LogP) is 2.98. The molecule has 0 unspecified atom stereocenters. The molecule has 1 amide bonds. The van der Waals surface area contributed by atoms with Gasteiger partial charge in [-0.2, -0.15) is 0 Å². The second kappa shape index (κ2) is 7.13. The van der Waals surface area contributed by atoms with E-state index in [4.69, 9.17) is 4.42 Å². The van der Waals surface area contributed by atoms with E-state index in [1.54, 1.807) is 26.8 Å². The fourth-order valence-corrected chi connectivity index (χ4v) is 3.82. The van der Waals surface area contributed by atoms with Crippen LogP contribution in [0.4, 0.5) is 11.4 Å². The van der Waals surface area contributed by atoms with Gasteiger partial charge in [-0.05, 0) is 63.6 Å². The van der Waals surface area contributed by atoms with Crippen LogP contribution in [0, 0.1) is 6.92 Å². The fourth-order valence-electron chi connectivity index (χ4n) is 2.47. The Morgan fingerprint density at radius 2 is 1.77 bits per heavy atom. The molecule has 1 aromatic carbocycles. The van der Waals surface area contributed by atoms with Crippen LogP contribution in [0.25, 0.3) is 0 Å². The van der Waals surface area contributed by atoms with Crippen molar-refractivity contribution in [2.24, 2.45) is 0 Å². The van der Waals surface area contributed by atoms with E-state index in [0.29, 0.717) is 5.69 Å². The summed E-state index contributed by atoms with van der Waals surface area (Å²) < 4.78 is 32.2. The molecule has 2 N–H and O–H groups in total. The Bertz CT molecular complexity index is 909. The Balaban J connectivity index is 2.17. The lowest BCUT2D eigenvalue weighted by molar-refractivity contribution is 0.0991. The molecule has 8 heteroatoms. The Kier molecular flexibility index (Phi) is 5.48. The summed E-state index contributed by atoms with van der Waals surface area (Å²) in [6, 6.07) is 8.13. The maximum absolute atomic E-state index is 12.3. The van der Waals surface area contributed by atoms with Crippen molar-refractivity contribution in [2.45, 2.75) is 38.3 Å². The first-order chi connectivity index (χ1) is 11.9. The quantitative estimate of drug-likeness (QED) is 0.833. The van der Waals surface area contributed by atoms with Gasteiger partial charge in [-0.3, -0.25) is 4.79 Å². The SMILES string of the molecule is Cc1cc(NC(=O)c2ccc(S(=O)(=O)NC(C)(C)C)o2)ccc1N(C)C. The Morgan fingerprint density at radius 1 is 1.12 bits per heavy atom. The second-order valence-electron chi connectivity index (χ2n) is 7.32. The number of nitrogens with zero attached hydrogens (tertiary/aromatic N) is 1. The summed E-state index contributed by atoms with van der Waals surface area (Å²) in [6.07, 6.45) is 0. The monoisotopic (exact) mass is 379 g/mol. The number of hydrogen-bond acceptors (Lipinski definition) is 5. The zero-order valence-electron chi connectivity index (χ0n) is 15.9. The number of aryl methyl sites for hydroxylation is 1. The lowest BCUT2D eigenvalue weighted by Crippen LogP contribution is -2.40. The van der Waals surface area contributed by atoms with E-state index in [0.717, 1.165) is 11.3 Å². The molecule has 142 valence electrons. The van der Waals surface area contributed by atoms with Gasteiger partial charge in [-0.1, -0.05) is 0 Å². The number of furan rings is 1. The van der Waals surface area contributed by atoms with E-state index in [2.05, 4.69) is 10.0 Å². The van der Waals surface area contributed by atoms with Crippen molar-refractivity contribution in [1.82, 2.24) is 4.72 Å². The van der Waals surface area contributed by atoms with Gasteiger partial charge >= 0.3 is 0 Å². The highest BCUT2D eigenvalue weighted by Crippen LogP contribution is 2.23. The highest BCUT2D eigenvalue weighted by atomic mass is 32.2. The molecular formula is C18H25N3O4S. The molecule has 2 aromatic rings. The fraction of sp³-hybridized carbons (Fsp3) is 0.389. The Hall–Kier alpha value is -2.32. The number of carbonyl (C=O) groups is 1. The van der Waals surface area contributed by atoms with Gasteiger partial charge in [0.05, 0.1) is 0 Å². The average molecular weight is 379 g/mol. The minimum atomic E-state index is -3.83. The molecule has 0 saturated carbocycles. The van der Waals surface area contributed by atoms with Crippen LogP contribution < -0.4 is 14.9 Å². The topological polar surface area (TPSA) is 91.6 Å². The molecule has 0 fully saturated rings. The largest absolute Gasteiger partial charge is 0.438 e. The van der Waals surface area contributed by atoms with Crippen LogP contribution in [0.15, 0.2) is 39.8 Å². The summed E-state index contributed by atoms with van der Waals surface area (Å²) in [4.78, 5) is 14.3. The number of amides is 1. The molecule has 2 rings (SSSR count). The van der Waals surface area contributed by atoms with Gasteiger partial charge in [0.25, 0.3) is 15.9 Å². The molecule has 1 aromatic heterocycles. The molecule has 1 heterocycles. The molecule has 0 aliphatic heterocycles. The molecule has 26 heavy (non-hydrogen) atoms. The molecule has 0 aliphatic rings. The van der Waals surface area contributed by atoms with Gasteiger partial charge in [0.2, 0.25) is 5.09 Å². The van der Waals surface area contributed by atoms with Crippen molar-refractivity contribution in [3.05, 3.63) is 41.7 Å². The van der Waals surface area contributed by atoms with Crippen molar-refractivity contribution >= 4 is 27.3 Å². The first-order valence-electron chi connectivity index (χ1n) is 8.12. The van der Waals surface area contributed by atoms with Gasteiger partial charge in [0, 0.05) is 31.0 Å². The van der Waals surface area contributed by atoms with Crippen molar-refractivity contribution in [2.75, 3.05) is 24.3 Å². The maximum atomic E-state index is 12.3. The standard InChI is InChI=1S/C18H25N3O4S/c1-12-11-13(7-8-14(12)21(5)6)19-17(22)15-9-10-16(25-15)26(23,24)20-18(2,3)4/h7-11,20H,1-6H3,(H,19,22). The summed E-state index contributed by atoms with van der Waals surface area (Å²) in [7, 11) is 0.0554. The van der Waals surface area contributed by atoms with Crippen LogP contribution in [0.2, 0.25) is 0 Å². The summed E-state index contributed by atoms with van der Waals surface area (Å²) in [6.45, 7) is 7.11. The highest BCUT2D eigenvalue weighted by molar-refractivity contribution is 7.89. The molecule has 0 atom stereocenters. The van der Waals surface area contributed by atoms with Crippen LogP contribution in [0.5, 0.6) is 0 Å². The number of carbonyl (C=O) groups excluding carboxylic acids is 1. The number of rotatable bonds is 5. The minimum Gasteiger partial charge on any atom is -0.438 e. The van der Waals surface area contributed by atoms with Gasteiger partial charge in [0.15, 0.2) is 5.76 Å².